The maximum absolute atomic E-state index is 12.9. The molecule has 3 rings (SSSR count). The van der Waals surface area contributed by atoms with Crippen LogP contribution in [0.4, 0.5) is 11.4 Å². The first kappa shape index (κ1) is 23.1. The number of hydrogen-bond acceptors (Lipinski definition) is 4. The molecule has 0 saturated carbocycles. The lowest BCUT2D eigenvalue weighted by Gasteiger charge is -2.32. The SMILES string of the molecule is CC[C@@H](C(=O)NCCCN1CCCc2ccccc21)N(c1cccc(C)c1)S(C)(=O)=O. The van der Waals surface area contributed by atoms with Gasteiger partial charge in [-0.25, -0.2) is 8.42 Å². The van der Waals surface area contributed by atoms with E-state index < -0.39 is 16.1 Å². The van der Waals surface area contributed by atoms with Crippen molar-refractivity contribution in [3.8, 4) is 0 Å². The second-order valence-electron chi connectivity index (χ2n) is 8.19. The second-order valence-corrected chi connectivity index (χ2v) is 10.0. The Hall–Kier alpha value is -2.54. The highest BCUT2D eigenvalue weighted by Crippen LogP contribution is 2.26. The van der Waals surface area contributed by atoms with Gasteiger partial charge in [0.2, 0.25) is 15.9 Å². The summed E-state index contributed by atoms with van der Waals surface area (Å²) in [5.41, 5.74) is 4.14. The van der Waals surface area contributed by atoms with Crippen LogP contribution in [0.3, 0.4) is 0 Å². The molecule has 0 fully saturated rings. The van der Waals surface area contributed by atoms with Gasteiger partial charge in [-0.2, -0.15) is 0 Å². The zero-order chi connectivity index (χ0) is 22.4. The van der Waals surface area contributed by atoms with Gasteiger partial charge in [0.25, 0.3) is 0 Å². The highest BCUT2D eigenvalue weighted by atomic mass is 32.2. The van der Waals surface area contributed by atoms with Crippen LogP contribution in [0.5, 0.6) is 0 Å². The summed E-state index contributed by atoms with van der Waals surface area (Å²) in [5.74, 6) is -0.256. The van der Waals surface area contributed by atoms with Gasteiger partial charge in [0, 0.05) is 25.3 Å². The van der Waals surface area contributed by atoms with Gasteiger partial charge >= 0.3 is 0 Å². The van der Waals surface area contributed by atoms with Crippen molar-refractivity contribution in [1.29, 1.82) is 0 Å². The number of rotatable bonds is 9. The zero-order valence-electron chi connectivity index (χ0n) is 18.7. The molecule has 0 radical (unpaired) electrons. The van der Waals surface area contributed by atoms with Gasteiger partial charge in [0.15, 0.2) is 0 Å². The Labute approximate surface area is 186 Å². The first-order chi connectivity index (χ1) is 14.8. The molecule has 0 aromatic heterocycles. The quantitative estimate of drug-likeness (QED) is 0.602. The van der Waals surface area contributed by atoms with Crippen LogP contribution in [0, 0.1) is 6.92 Å². The topological polar surface area (TPSA) is 69.7 Å². The van der Waals surface area contributed by atoms with E-state index in [-0.39, 0.29) is 5.91 Å². The van der Waals surface area contributed by atoms with Crippen molar-refractivity contribution in [3.63, 3.8) is 0 Å². The molecular formula is C24H33N3O3S. The van der Waals surface area contributed by atoms with Crippen LogP contribution in [-0.2, 0) is 21.2 Å². The minimum Gasteiger partial charge on any atom is -0.371 e. The maximum Gasteiger partial charge on any atom is 0.243 e. The van der Waals surface area contributed by atoms with E-state index in [4.69, 9.17) is 0 Å². The molecule has 0 bridgehead atoms. The Balaban J connectivity index is 1.62. The van der Waals surface area contributed by atoms with Crippen molar-refractivity contribution in [2.24, 2.45) is 0 Å². The van der Waals surface area contributed by atoms with Crippen LogP contribution in [0.1, 0.15) is 37.3 Å². The fraction of sp³-hybridized carbons (Fsp3) is 0.458. The summed E-state index contributed by atoms with van der Waals surface area (Å²) in [7, 11) is -3.61. The third-order valence-electron chi connectivity index (χ3n) is 5.70. The molecule has 1 aliphatic rings. The Morgan fingerprint density at radius 3 is 2.68 bits per heavy atom. The predicted molar refractivity (Wildman–Crippen MR) is 127 cm³/mol. The lowest BCUT2D eigenvalue weighted by molar-refractivity contribution is -0.122. The average molecular weight is 444 g/mol. The molecule has 1 N–H and O–H groups in total. The molecule has 1 aliphatic heterocycles. The molecule has 0 saturated heterocycles. The van der Waals surface area contributed by atoms with E-state index >= 15 is 0 Å². The normalized spacial score (nSPS) is 14.6. The number of hydrogen-bond donors (Lipinski definition) is 1. The number of anilines is 2. The van der Waals surface area contributed by atoms with E-state index in [1.54, 1.807) is 12.1 Å². The Morgan fingerprint density at radius 2 is 1.97 bits per heavy atom. The van der Waals surface area contributed by atoms with Gasteiger partial charge in [-0.1, -0.05) is 37.3 Å². The van der Waals surface area contributed by atoms with Crippen LogP contribution in [0.15, 0.2) is 48.5 Å². The Bertz CT molecular complexity index is 1010. The average Bonchev–Trinajstić information content (AvgIpc) is 2.74. The summed E-state index contributed by atoms with van der Waals surface area (Å²) < 4.78 is 26.3. The first-order valence-electron chi connectivity index (χ1n) is 11.0. The minimum atomic E-state index is -3.61. The Kier molecular flexibility index (Phi) is 7.59. The van der Waals surface area contributed by atoms with E-state index in [9.17, 15) is 13.2 Å². The zero-order valence-corrected chi connectivity index (χ0v) is 19.5. The number of fused-ring (bicyclic) bond motifs is 1. The first-order valence-corrected chi connectivity index (χ1v) is 12.8. The number of carbonyl (C=O) groups is 1. The van der Waals surface area contributed by atoms with E-state index in [0.29, 0.717) is 18.7 Å². The van der Waals surface area contributed by atoms with Gasteiger partial charge in [0.05, 0.1) is 11.9 Å². The van der Waals surface area contributed by atoms with Crippen molar-refractivity contribution in [2.45, 2.75) is 45.6 Å². The fourth-order valence-electron chi connectivity index (χ4n) is 4.27. The fourth-order valence-corrected chi connectivity index (χ4v) is 5.47. The highest BCUT2D eigenvalue weighted by molar-refractivity contribution is 7.92. The minimum absolute atomic E-state index is 0.256. The van der Waals surface area contributed by atoms with Gasteiger partial charge in [-0.3, -0.25) is 9.10 Å². The standard InChI is InChI=1S/C24H33N3O3S/c1-4-22(27(31(3,29)30)21-13-7-10-19(2)18-21)24(28)25-15-9-17-26-16-8-12-20-11-5-6-14-23(20)26/h5-7,10-11,13-14,18,22H,4,8-9,12,15-17H2,1-3H3,(H,25,28)/t22-/m0/s1. The summed E-state index contributed by atoms with van der Waals surface area (Å²) in [4.78, 5) is 15.3. The van der Waals surface area contributed by atoms with Crippen LogP contribution < -0.4 is 14.5 Å². The number of benzene rings is 2. The smallest absolute Gasteiger partial charge is 0.243 e. The van der Waals surface area contributed by atoms with E-state index in [1.807, 2.05) is 26.0 Å². The number of sulfonamides is 1. The summed E-state index contributed by atoms with van der Waals surface area (Å²) in [5, 5.41) is 2.96. The molecule has 0 aliphatic carbocycles. The number of para-hydroxylation sites is 1. The van der Waals surface area contributed by atoms with Gasteiger partial charge in [0.1, 0.15) is 6.04 Å². The van der Waals surface area contributed by atoms with E-state index in [2.05, 4.69) is 34.5 Å². The molecule has 1 heterocycles. The summed E-state index contributed by atoms with van der Waals surface area (Å²) in [6.45, 7) is 6.14. The maximum atomic E-state index is 12.9. The second kappa shape index (κ2) is 10.2. The molecule has 7 heteroatoms. The third-order valence-corrected chi connectivity index (χ3v) is 6.88. The molecular weight excluding hydrogens is 410 g/mol. The van der Waals surface area contributed by atoms with Gasteiger partial charge < -0.3 is 10.2 Å². The van der Waals surface area contributed by atoms with Crippen LogP contribution >= 0.6 is 0 Å². The number of nitrogens with one attached hydrogen (secondary N) is 1. The molecule has 1 atom stereocenters. The third kappa shape index (κ3) is 5.79. The lowest BCUT2D eigenvalue weighted by Crippen LogP contribution is -2.49. The van der Waals surface area contributed by atoms with Crippen LogP contribution in [0.25, 0.3) is 0 Å². The van der Waals surface area contributed by atoms with E-state index in [0.717, 1.165) is 44.2 Å². The Morgan fingerprint density at radius 1 is 1.19 bits per heavy atom. The van der Waals surface area contributed by atoms with E-state index in [1.165, 1.54) is 15.6 Å². The van der Waals surface area contributed by atoms with Crippen molar-refractivity contribution in [3.05, 3.63) is 59.7 Å². The summed E-state index contributed by atoms with van der Waals surface area (Å²) in [6, 6.07) is 15.0. The predicted octanol–water partition coefficient (Wildman–Crippen LogP) is 3.50. The number of nitrogens with zero attached hydrogens (tertiary/aromatic N) is 2. The van der Waals surface area contributed by atoms with Crippen molar-refractivity contribution in [1.82, 2.24) is 5.32 Å². The number of aryl methyl sites for hydroxylation is 2. The molecule has 6 nitrogen and oxygen atoms in total. The van der Waals surface area contributed by atoms with Crippen molar-refractivity contribution < 1.29 is 13.2 Å². The largest absolute Gasteiger partial charge is 0.371 e. The summed E-state index contributed by atoms with van der Waals surface area (Å²) in [6.07, 6.45) is 4.61. The highest BCUT2D eigenvalue weighted by Gasteiger charge is 2.31. The molecule has 0 unspecified atom stereocenters. The van der Waals surface area contributed by atoms with Gasteiger partial charge in [-0.15, -0.1) is 0 Å². The van der Waals surface area contributed by atoms with Crippen molar-refractivity contribution >= 4 is 27.3 Å². The van der Waals surface area contributed by atoms with Crippen molar-refractivity contribution in [2.75, 3.05) is 35.1 Å². The van der Waals surface area contributed by atoms with Crippen LogP contribution in [0.2, 0.25) is 0 Å². The molecule has 0 spiro atoms. The monoisotopic (exact) mass is 443 g/mol. The van der Waals surface area contributed by atoms with Gasteiger partial charge in [-0.05, 0) is 61.9 Å². The molecule has 168 valence electrons. The molecule has 1 amide bonds. The number of amides is 1. The molecule has 31 heavy (non-hydrogen) atoms. The molecule has 2 aromatic carbocycles. The van der Waals surface area contributed by atoms with Crippen LogP contribution in [-0.4, -0.2) is 46.3 Å². The molecule has 2 aromatic rings. The number of carbonyl (C=O) groups excluding carboxylic acids is 1. The summed E-state index contributed by atoms with van der Waals surface area (Å²) >= 11 is 0. The lowest BCUT2D eigenvalue weighted by atomic mass is 10.0.